The first kappa shape index (κ1) is 14.4. The topological polar surface area (TPSA) is 39.4 Å². The molecular weight excluding hydrogens is 302 g/mol. The van der Waals surface area contributed by atoms with E-state index in [-0.39, 0.29) is 0 Å². The van der Waals surface area contributed by atoms with Crippen LogP contribution in [0.1, 0.15) is 1.37 Å². The van der Waals surface area contributed by atoms with Crippen LogP contribution in [-0.4, -0.2) is 17.9 Å². The lowest BCUT2D eigenvalue weighted by atomic mass is 10.3. The van der Waals surface area contributed by atoms with Crippen LogP contribution in [0.3, 0.4) is 0 Å². The van der Waals surface area contributed by atoms with Gasteiger partial charge in [0.15, 0.2) is 8.32 Å². The van der Waals surface area contributed by atoms with Gasteiger partial charge in [0.2, 0.25) is 0 Å². The average molecular weight is 324 g/mol. The Kier molecular flexibility index (Phi) is 4.04. The Bertz CT molecular complexity index is 917. The Balaban J connectivity index is 2.19. The molecule has 0 unspecified atom stereocenters. The maximum Gasteiger partial charge on any atom is 0.186 e. The number of para-hydroxylation sites is 1. The fraction of sp³-hybridized carbons (Fsp3) is 0.222. The quantitative estimate of drug-likeness (QED) is 0.678. The third-order valence-electron chi connectivity index (χ3n) is 3.34. The van der Waals surface area contributed by atoms with E-state index in [1.54, 1.807) is 12.3 Å². The number of rotatable bonds is 4. The summed E-state index contributed by atoms with van der Waals surface area (Å²) in [7, 11) is -1.69. The van der Waals surface area contributed by atoms with Crippen LogP contribution >= 0.6 is 0 Å². The van der Waals surface area contributed by atoms with Gasteiger partial charge in [0.25, 0.3) is 0 Å². The maximum atomic E-state index is 7.88. The summed E-state index contributed by atoms with van der Waals surface area (Å²) in [6.07, 6.45) is 1.56. The third kappa shape index (κ3) is 3.94. The fourth-order valence-corrected chi connectivity index (χ4v) is 2.72. The molecule has 0 aliphatic heterocycles. The minimum absolute atomic E-state index is 0.376. The molecule has 4 nitrogen and oxygen atoms in total. The minimum Gasteiger partial charge on any atom is -0.400 e. The molecule has 118 valence electrons. The minimum atomic E-state index is -1.69. The van der Waals surface area contributed by atoms with Gasteiger partial charge in [0.1, 0.15) is 12.2 Å². The van der Waals surface area contributed by atoms with Crippen LogP contribution < -0.4 is 5.49 Å². The molecule has 3 rings (SSSR count). The molecule has 0 aliphatic carbocycles. The molecule has 0 saturated carbocycles. The first-order chi connectivity index (χ1) is 11.4. The van der Waals surface area contributed by atoms with E-state index in [2.05, 4.69) is 24.6 Å². The molecule has 0 fully saturated rings. The standard InChI is InChI=1S/C18H21N3OSi/c1-23(2,3)22-14-21-17-10-7-13-19-16(17)11-12-18(21)20-15-8-5-4-6-9-15/h4-13H,14H2,1-3H3/b20-18+/i7D. The summed E-state index contributed by atoms with van der Waals surface area (Å²) in [5.41, 5.74) is 3.36. The predicted octanol–water partition coefficient (Wildman–Crippen LogP) is 4.08. The van der Waals surface area contributed by atoms with Gasteiger partial charge < -0.3 is 8.99 Å². The van der Waals surface area contributed by atoms with Crippen molar-refractivity contribution in [2.45, 2.75) is 26.4 Å². The molecule has 2 aromatic heterocycles. The molecule has 0 amide bonds. The molecule has 23 heavy (non-hydrogen) atoms. The monoisotopic (exact) mass is 324 g/mol. The van der Waals surface area contributed by atoms with E-state index in [0.29, 0.717) is 12.8 Å². The van der Waals surface area contributed by atoms with Crippen LogP contribution in [0, 0.1) is 0 Å². The summed E-state index contributed by atoms with van der Waals surface area (Å²) in [6.45, 7) is 6.87. The van der Waals surface area contributed by atoms with Gasteiger partial charge in [-0.05, 0) is 56.0 Å². The summed E-state index contributed by atoms with van der Waals surface area (Å²) in [5.74, 6) is 0. The van der Waals surface area contributed by atoms with Gasteiger partial charge in [-0.2, -0.15) is 0 Å². The van der Waals surface area contributed by atoms with Crippen molar-refractivity contribution in [2.75, 3.05) is 0 Å². The van der Waals surface area contributed by atoms with E-state index in [4.69, 9.17) is 10.8 Å². The number of hydrogen-bond acceptors (Lipinski definition) is 3. The van der Waals surface area contributed by atoms with Gasteiger partial charge in [-0.1, -0.05) is 18.2 Å². The normalized spacial score (nSPS) is 13.3. The maximum absolute atomic E-state index is 7.88. The van der Waals surface area contributed by atoms with E-state index < -0.39 is 8.32 Å². The number of pyridine rings is 2. The Hall–Kier alpha value is -2.24. The average Bonchev–Trinajstić information content (AvgIpc) is 2.53. The smallest absolute Gasteiger partial charge is 0.186 e. The number of fused-ring (bicyclic) bond motifs is 1. The van der Waals surface area contributed by atoms with Crippen molar-refractivity contribution in [1.82, 2.24) is 9.55 Å². The summed E-state index contributed by atoms with van der Waals surface area (Å²) in [5, 5.41) is 0. The van der Waals surface area contributed by atoms with Crippen molar-refractivity contribution >= 4 is 25.0 Å². The Morgan fingerprint density at radius 3 is 2.65 bits per heavy atom. The Labute approximate surface area is 138 Å². The molecule has 0 bridgehead atoms. The van der Waals surface area contributed by atoms with Gasteiger partial charge in [-0.3, -0.25) is 4.98 Å². The Morgan fingerprint density at radius 1 is 1.13 bits per heavy atom. The van der Waals surface area contributed by atoms with Gasteiger partial charge in [0, 0.05) is 6.20 Å². The zero-order valence-electron chi connectivity index (χ0n) is 14.7. The van der Waals surface area contributed by atoms with Crippen molar-refractivity contribution in [3.05, 3.63) is 66.3 Å². The SMILES string of the molecule is [2H]c1cnc2cc/c(=N\c3ccccc3)n(CO[Si](C)(C)C)c2c1. The third-order valence-corrected chi connectivity index (χ3v) is 4.34. The number of nitrogens with zero attached hydrogens (tertiary/aromatic N) is 3. The zero-order valence-corrected chi connectivity index (χ0v) is 14.7. The van der Waals surface area contributed by atoms with E-state index in [1.165, 1.54) is 0 Å². The van der Waals surface area contributed by atoms with Crippen molar-refractivity contribution in [2.24, 2.45) is 4.99 Å². The van der Waals surface area contributed by atoms with E-state index in [1.807, 2.05) is 47.0 Å². The number of hydrogen-bond donors (Lipinski definition) is 0. The molecule has 2 heterocycles. The summed E-state index contributed by atoms with van der Waals surface area (Å²) in [4.78, 5) is 9.07. The van der Waals surface area contributed by atoms with Crippen LogP contribution in [0.5, 0.6) is 0 Å². The summed E-state index contributed by atoms with van der Waals surface area (Å²) < 4.78 is 16.0. The first-order valence-corrected chi connectivity index (χ1v) is 11.0. The molecule has 5 heteroatoms. The first-order valence-electron chi connectivity index (χ1n) is 8.12. The predicted molar refractivity (Wildman–Crippen MR) is 95.8 cm³/mol. The molecule has 0 spiro atoms. The van der Waals surface area contributed by atoms with E-state index >= 15 is 0 Å². The number of benzene rings is 1. The molecule has 0 saturated heterocycles. The van der Waals surface area contributed by atoms with Gasteiger partial charge in [-0.25, -0.2) is 4.99 Å². The van der Waals surface area contributed by atoms with E-state index in [9.17, 15) is 0 Å². The highest BCUT2D eigenvalue weighted by Crippen LogP contribution is 2.13. The van der Waals surface area contributed by atoms with Crippen LogP contribution in [0.2, 0.25) is 19.6 Å². The van der Waals surface area contributed by atoms with Crippen molar-refractivity contribution in [1.29, 1.82) is 0 Å². The van der Waals surface area contributed by atoms with Gasteiger partial charge >= 0.3 is 0 Å². The molecule has 0 radical (unpaired) electrons. The molecule has 0 atom stereocenters. The summed E-state index contributed by atoms with van der Waals surface area (Å²) in [6, 6.07) is 15.9. The largest absolute Gasteiger partial charge is 0.400 e. The van der Waals surface area contributed by atoms with Crippen molar-refractivity contribution in [3.63, 3.8) is 0 Å². The van der Waals surface area contributed by atoms with Crippen LogP contribution in [0.15, 0.2) is 65.8 Å². The van der Waals surface area contributed by atoms with E-state index in [0.717, 1.165) is 22.2 Å². The molecule has 0 aliphatic rings. The highest BCUT2D eigenvalue weighted by Gasteiger charge is 2.15. The Morgan fingerprint density at radius 2 is 1.91 bits per heavy atom. The summed E-state index contributed by atoms with van der Waals surface area (Å²) >= 11 is 0. The molecular formula is C18H21N3OSi. The van der Waals surface area contributed by atoms with Crippen LogP contribution in [-0.2, 0) is 11.2 Å². The zero-order chi connectivity index (χ0) is 17.2. The van der Waals surface area contributed by atoms with Crippen LogP contribution in [0.25, 0.3) is 11.0 Å². The lowest BCUT2D eigenvalue weighted by Gasteiger charge is -2.20. The molecule has 3 aromatic rings. The second-order valence-electron chi connectivity index (χ2n) is 6.29. The van der Waals surface area contributed by atoms with Gasteiger partial charge in [0.05, 0.1) is 18.1 Å². The number of aromatic nitrogens is 2. The van der Waals surface area contributed by atoms with Crippen molar-refractivity contribution < 1.29 is 5.80 Å². The highest BCUT2D eigenvalue weighted by atomic mass is 28.4. The molecule has 0 N–H and O–H groups in total. The lowest BCUT2D eigenvalue weighted by molar-refractivity contribution is 0.229. The van der Waals surface area contributed by atoms with Gasteiger partial charge in [-0.15, -0.1) is 0 Å². The highest BCUT2D eigenvalue weighted by molar-refractivity contribution is 6.69. The lowest BCUT2D eigenvalue weighted by Crippen LogP contribution is -2.31. The van der Waals surface area contributed by atoms with Crippen LogP contribution in [0.4, 0.5) is 5.69 Å². The second-order valence-corrected chi connectivity index (χ2v) is 10.8. The van der Waals surface area contributed by atoms with Crippen molar-refractivity contribution in [3.8, 4) is 0 Å². The fourth-order valence-electron chi connectivity index (χ4n) is 2.20. The molecule has 1 aromatic carbocycles. The second kappa shape index (κ2) is 6.48.